The molecule has 1 aliphatic rings. The van der Waals surface area contributed by atoms with Gasteiger partial charge in [-0.25, -0.2) is 19.9 Å². The van der Waals surface area contributed by atoms with Crippen molar-refractivity contribution in [1.29, 1.82) is 0 Å². The van der Waals surface area contributed by atoms with Crippen LogP contribution in [-0.4, -0.2) is 31.0 Å². The van der Waals surface area contributed by atoms with E-state index in [2.05, 4.69) is 95.6 Å². The van der Waals surface area contributed by atoms with Gasteiger partial charge in [-0.15, -0.1) is 0 Å². The van der Waals surface area contributed by atoms with Crippen LogP contribution in [0.15, 0.2) is 181 Å². The number of aliphatic imine (C=N–C) groups is 1. The summed E-state index contributed by atoms with van der Waals surface area (Å²) in [6.45, 7) is 2.03. The Morgan fingerprint density at radius 2 is 1.18 bits per heavy atom. The molecule has 0 spiro atoms. The summed E-state index contributed by atoms with van der Waals surface area (Å²) in [6.07, 6.45) is 0.745. The van der Waals surface area contributed by atoms with E-state index in [0.717, 1.165) is 55.8 Å². The molecule has 1 aliphatic carbocycles. The van der Waals surface area contributed by atoms with Crippen LogP contribution in [0, 0.1) is 6.92 Å². The Hall–Kier alpha value is -7.31. The van der Waals surface area contributed by atoms with Crippen LogP contribution >= 0.6 is 0 Å². The number of carbonyl (C=O) groups excluding carboxylic acids is 1. The third kappa shape index (κ3) is 6.41. The number of nitrogens with zero attached hydrogens (tertiary/aromatic N) is 5. The van der Waals surface area contributed by atoms with E-state index in [1.54, 1.807) is 0 Å². The summed E-state index contributed by atoms with van der Waals surface area (Å²) >= 11 is 0. The molecule has 57 heavy (non-hydrogen) atoms. The smallest absolute Gasteiger partial charge is 0.185 e. The molecular weight excluding hydrogens is 699 g/mol. The molecular formula is C51H37N5O. The van der Waals surface area contributed by atoms with Crippen LogP contribution in [0.4, 0.5) is 5.69 Å². The van der Waals surface area contributed by atoms with Gasteiger partial charge < -0.3 is 4.57 Å². The molecule has 6 nitrogen and oxygen atoms in total. The fourth-order valence-electron chi connectivity index (χ4n) is 8.15. The summed E-state index contributed by atoms with van der Waals surface area (Å²) in [5, 5.41) is 2.40. The normalized spacial score (nSPS) is 14.6. The molecule has 0 saturated heterocycles. The van der Waals surface area contributed by atoms with E-state index in [9.17, 15) is 4.79 Å². The zero-order chi connectivity index (χ0) is 38.3. The van der Waals surface area contributed by atoms with Crippen molar-refractivity contribution in [2.24, 2.45) is 4.99 Å². The largest absolute Gasteiger partial charge is 0.309 e. The Morgan fingerprint density at radius 1 is 0.579 bits per heavy atom. The Morgan fingerprint density at radius 3 is 1.89 bits per heavy atom. The second-order valence-corrected chi connectivity index (χ2v) is 14.6. The Labute approximate surface area is 330 Å². The molecule has 0 N–H and O–H groups in total. The van der Waals surface area contributed by atoms with Gasteiger partial charge in [-0.3, -0.25) is 4.79 Å². The Balaban J connectivity index is 1.09. The summed E-state index contributed by atoms with van der Waals surface area (Å²) in [5.41, 5.74) is 11.9. The van der Waals surface area contributed by atoms with Crippen molar-refractivity contribution < 1.29 is 4.79 Å². The number of ketones is 1. The zero-order valence-electron chi connectivity index (χ0n) is 31.4. The number of rotatable bonds is 7. The van der Waals surface area contributed by atoms with Gasteiger partial charge in [0.2, 0.25) is 0 Å². The first kappa shape index (κ1) is 34.2. The highest BCUT2D eigenvalue weighted by Gasteiger charge is 2.34. The van der Waals surface area contributed by atoms with E-state index < -0.39 is 5.92 Å². The van der Waals surface area contributed by atoms with Crippen LogP contribution in [0.2, 0.25) is 0 Å². The lowest BCUT2D eigenvalue weighted by atomic mass is 9.77. The quantitative estimate of drug-likeness (QED) is 0.163. The Kier molecular flexibility index (Phi) is 8.64. The molecule has 0 bridgehead atoms. The molecule has 0 amide bonds. The molecule has 0 saturated carbocycles. The number of aryl methyl sites for hydroxylation is 1. The molecule has 0 radical (unpaired) electrons. The number of benzene rings is 7. The van der Waals surface area contributed by atoms with E-state index >= 15 is 0 Å². The van der Waals surface area contributed by atoms with Gasteiger partial charge in [0.1, 0.15) is 5.82 Å². The maximum Gasteiger partial charge on any atom is 0.185 e. The molecule has 1 atom stereocenters. The molecule has 2 aromatic heterocycles. The van der Waals surface area contributed by atoms with Crippen molar-refractivity contribution >= 4 is 39.0 Å². The number of hydrogen-bond donors (Lipinski definition) is 0. The minimum atomic E-state index is -0.522. The van der Waals surface area contributed by atoms with Gasteiger partial charge in [0, 0.05) is 40.4 Å². The fourth-order valence-corrected chi connectivity index (χ4v) is 8.15. The van der Waals surface area contributed by atoms with E-state index in [-0.39, 0.29) is 5.78 Å². The zero-order valence-corrected chi connectivity index (χ0v) is 31.4. The van der Waals surface area contributed by atoms with Crippen molar-refractivity contribution in [2.75, 3.05) is 0 Å². The average Bonchev–Trinajstić information content (AvgIpc) is 3.60. The molecule has 10 rings (SSSR count). The lowest BCUT2D eigenvalue weighted by Crippen LogP contribution is -2.32. The number of hydrogen-bond acceptors (Lipinski definition) is 5. The first-order chi connectivity index (χ1) is 28.1. The lowest BCUT2D eigenvalue weighted by molar-refractivity contribution is -0.114. The lowest BCUT2D eigenvalue weighted by Gasteiger charge is -2.26. The maximum absolute atomic E-state index is 14.7. The van der Waals surface area contributed by atoms with Crippen molar-refractivity contribution in [3.8, 4) is 39.6 Å². The summed E-state index contributed by atoms with van der Waals surface area (Å²) in [5.74, 6) is 1.20. The molecule has 0 fully saturated rings. The SMILES string of the molecule is Cc1ccccc1N=C1Cc2cc(-c3ccc4c(c3)c3ccccc3n4-c3ccccc3)ccc2C(Cc2nc(-c3ccccc3)nc(-c3ccccc3)n2)C1=O. The number of fused-ring (bicyclic) bond motifs is 4. The van der Waals surface area contributed by atoms with E-state index in [1.807, 2.05) is 91.9 Å². The third-order valence-corrected chi connectivity index (χ3v) is 11.0. The number of carbonyl (C=O) groups is 1. The molecule has 272 valence electrons. The maximum atomic E-state index is 14.7. The van der Waals surface area contributed by atoms with E-state index in [1.165, 1.54) is 16.3 Å². The van der Waals surface area contributed by atoms with E-state index in [4.69, 9.17) is 19.9 Å². The van der Waals surface area contributed by atoms with Crippen molar-refractivity contribution in [2.45, 2.75) is 25.7 Å². The van der Waals surface area contributed by atoms with Crippen molar-refractivity contribution in [3.63, 3.8) is 0 Å². The molecule has 6 heteroatoms. The molecule has 9 aromatic rings. The Bertz CT molecular complexity index is 2930. The molecule has 1 unspecified atom stereocenters. The highest BCUT2D eigenvalue weighted by atomic mass is 16.1. The highest BCUT2D eigenvalue weighted by Crippen LogP contribution is 2.38. The van der Waals surface area contributed by atoms with Gasteiger partial charge in [0.25, 0.3) is 0 Å². The van der Waals surface area contributed by atoms with Gasteiger partial charge in [-0.2, -0.15) is 0 Å². The minimum Gasteiger partial charge on any atom is -0.309 e. The number of Topliss-reactive ketones (excluding diaryl/α,β-unsaturated/α-hetero) is 1. The van der Waals surface area contributed by atoms with Gasteiger partial charge in [0.05, 0.1) is 28.4 Å². The van der Waals surface area contributed by atoms with Gasteiger partial charge in [0.15, 0.2) is 17.4 Å². The molecule has 0 aliphatic heterocycles. The van der Waals surface area contributed by atoms with Crippen LogP contribution in [0.25, 0.3) is 61.4 Å². The van der Waals surface area contributed by atoms with Gasteiger partial charge in [-0.1, -0.05) is 140 Å². The standard InChI is InChI=1S/C51H37N5O/c1-33-15-11-13-23-44(33)52-45-31-38-29-36(37-26-28-47-42(30-37)41-22-12-14-24-46(41)56(47)39-20-9-4-10-21-39)25-27-40(38)43(49(45)57)32-48-53-50(34-16-5-2-6-17-34)55-51(54-48)35-18-7-3-8-19-35/h2-30,43H,31-32H2,1H3. The first-order valence-electron chi connectivity index (χ1n) is 19.3. The van der Waals surface area contributed by atoms with Crippen LogP contribution in [0.5, 0.6) is 0 Å². The third-order valence-electron chi connectivity index (χ3n) is 11.0. The van der Waals surface area contributed by atoms with Crippen LogP contribution in [-0.2, 0) is 17.6 Å². The van der Waals surface area contributed by atoms with Gasteiger partial charge >= 0.3 is 0 Å². The van der Waals surface area contributed by atoms with Crippen molar-refractivity contribution in [1.82, 2.24) is 19.5 Å². The summed E-state index contributed by atoms with van der Waals surface area (Å²) in [4.78, 5) is 34.5. The average molecular weight is 736 g/mol. The second-order valence-electron chi connectivity index (χ2n) is 14.6. The summed E-state index contributed by atoms with van der Waals surface area (Å²) in [7, 11) is 0. The summed E-state index contributed by atoms with van der Waals surface area (Å²) in [6, 6.07) is 60.2. The first-order valence-corrected chi connectivity index (χ1v) is 19.3. The topological polar surface area (TPSA) is 73.0 Å². The minimum absolute atomic E-state index is 0.00317. The number of aromatic nitrogens is 4. The highest BCUT2D eigenvalue weighted by molar-refractivity contribution is 6.43. The van der Waals surface area contributed by atoms with Crippen molar-refractivity contribution in [3.05, 3.63) is 198 Å². The van der Waals surface area contributed by atoms with Crippen LogP contribution < -0.4 is 0 Å². The monoisotopic (exact) mass is 735 g/mol. The predicted molar refractivity (Wildman–Crippen MR) is 230 cm³/mol. The second kappa shape index (κ2) is 14.4. The fraction of sp³-hybridized carbons (Fsp3) is 0.0784. The van der Waals surface area contributed by atoms with E-state index in [0.29, 0.717) is 36.0 Å². The molecule has 7 aromatic carbocycles. The van der Waals surface area contributed by atoms with Crippen LogP contribution in [0.1, 0.15) is 28.4 Å². The summed E-state index contributed by atoms with van der Waals surface area (Å²) < 4.78 is 2.33. The van der Waals surface area contributed by atoms with Gasteiger partial charge in [-0.05, 0) is 71.1 Å². The number of para-hydroxylation sites is 3. The van der Waals surface area contributed by atoms with Crippen LogP contribution in [0.3, 0.4) is 0 Å². The predicted octanol–water partition coefficient (Wildman–Crippen LogP) is 11.5. The molecule has 2 heterocycles.